The van der Waals surface area contributed by atoms with Gasteiger partial charge in [0.15, 0.2) is 0 Å². The third-order valence-corrected chi connectivity index (χ3v) is 5.00. The van der Waals surface area contributed by atoms with Gasteiger partial charge in [0.25, 0.3) is 0 Å². The van der Waals surface area contributed by atoms with Crippen molar-refractivity contribution in [2.45, 2.75) is 76.5 Å². The second-order valence-electron chi connectivity index (χ2n) is 6.74. The van der Waals surface area contributed by atoms with Gasteiger partial charge in [0, 0.05) is 25.4 Å². The Kier molecular flexibility index (Phi) is 5.11. The van der Waals surface area contributed by atoms with Gasteiger partial charge in [-0.2, -0.15) is 0 Å². The Balaban J connectivity index is 1.63. The predicted octanol–water partition coefficient (Wildman–Crippen LogP) is 3.62. The number of hydrogen-bond donors (Lipinski definition) is 0. The van der Waals surface area contributed by atoms with Crippen molar-refractivity contribution in [3.63, 3.8) is 0 Å². The lowest BCUT2D eigenvalue weighted by Gasteiger charge is -2.31. The van der Waals surface area contributed by atoms with Crippen LogP contribution in [0, 0.1) is 0 Å². The van der Waals surface area contributed by atoms with Crippen LogP contribution in [0.5, 0.6) is 0 Å². The SMILES string of the molecule is CCCC(=O)N1CCCC(c2nnc(C3CCCCC3)o2)C1. The number of aromatic nitrogens is 2. The molecule has 2 heterocycles. The van der Waals surface area contributed by atoms with Crippen LogP contribution in [0.3, 0.4) is 0 Å². The van der Waals surface area contributed by atoms with Crippen LogP contribution in [0.2, 0.25) is 0 Å². The van der Waals surface area contributed by atoms with E-state index in [4.69, 9.17) is 4.42 Å². The Morgan fingerprint density at radius 1 is 1.09 bits per heavy atom. The minimum atomic E-state index is 0.222. The first-order valence-electron chi connectivity index (χ1n) is 8.89. The molecule has 0 aromatic carbocycles. The molecule has 2 aliphatic rings. The summed E-state index contributed by atoms with van der Waals surface area (Å²) >= 11 is 0. The summed E-state index contributed by atoms with van der Waals surface area (Å²) in [6, 6.07) is 0. The molecule has 1 saturated carbocycles. The van der Waals surface area contributed by atoms with E-state index in [2.05, 4.69) is 10.2 Å². The minimum Gasteiger partial charge on any atom is -0.425 e. The molecular weight excluding hydrogens is 278 g/mol. The van der Waals surface area contributed by atoms with Crippen LogP contribution in [-0.4, -0.2) is 34.1 Å². The second-order valence-corrected chi connectivity index (χ2v) is 6.74. The summed E-state index contributed by atoms with van der Waals surface area (Å²) in [4.78, 5) is 14.1. The molecule has 1 atom stereocenters. The molecule has 0 spiro atoms. The molecule has 5 nitrogen and oxygen atoms in total. The van der Waals surface area contributed by atoms with Gasteiger partial charge in [0.2, 0.25) is 17.7 Å². The Labute approximate surface area is 132 Å². The smallest absolute Gasteiger partial charge is 0.222 e. The van der Waals surface area contributed by atoms with Crippen molar-refractivity contribution in [2.75, 3.05) is 13.1 Å². The molecule has 2 fully saturated rings. The number of likely N-dealkylation sites (tertiary alicyclic amines) is 1. The van der Waals surface area contributed by atoms with Crippen molar-refractivity contribution in [3.05, 3.63) is 11.8 Å². The van der Waals surface area contributed by atoms with E-state index < -0.39 is 0 Å². The lowest BCUT2D eigenvalue weighted by atomic mass is 9.89. The zero-order valence-corrected chi connectivity index (χ0v) is 13.6. The zero-order valence-electron chi connectivity index (χ0n) is 13.6. The van der Waals surface area contributed by atoms with Crippen molar-refractivity contribution in [2.24, 2.45) is 0 Å². The fourth-order valence-electron chi connectivity index (χ4n) is 3.70. The Morgan fingerprint density at radius 3 is 2.50 bits per heavy atom. The van der Waals surface area contributed by atoms with E-state index in [-0.39, 0.29) is 11.8 Å². The zero-order chi connectivity index (χ0) is 15.4. The van der Waals surface area contributed by atoms with Gasteiger partial charge in [-0.05, 0) is 32.1 Å². The van der Waals surface area contributed by atoms with E-state index in [1.54, 1.807) is 0 Å². The van der Waals surface area contributed by atoms with Gasteiger partial charge in [0.05, 0.1) is 5.92 Å². The van der Waals surface area contributed by atoms with Gasteiger partial charge >= 0.3 is 0 Å². The normalized spacial score (nSPS) is 23.7. The molecule has 122 valence electrons. The van der Waals surface area contributed by atoms with Crippen LogP contribution in [-0.2, 0) is 4.79 Å². The molecule has 0 radical (unpaired) electrons. The summed E-state index contributed by atoms with van der Waals surface area (Å²) in [6.45, 7) is 3.66. The molecule has 1 saturated heterocycles. The van der Waals surface area contributed by atoms with Gasteiger partial charge in [-0.3, -0.25) is 4.79 Å². The summed E-state index contributed by atoms with van der Waals surface area (Å²) in [5, 5.41) is 8.60. The van der Waals surface area contributed by atoms with Crippen molar-refractivity contribution < 1.29 is 9.21 Å². The van der Waals surface area contributed by atoms with Crippen LogP contribution in [0.4, 0.5) is 0 Å². The summed E-state index contributed by atoms with van der Waals surface area (Å²) in [6.07, 6.45) is 9.84. The number of amides is 1. The Bertz CT molecular complexity index is 494. The predicted molar refractivity (Wildman–Crippen MR) is 83.6 cm³/mol. The quantitative estimate of drug-likeness (QED) is 0.852. The number of carbonyl (C=O) groups excluding carboxylic acids is 1. The van der Waals surface area contributed by atoms with Crippen molar-refractivity contribution in [3.8, 4) is 0 Å². The van der Waals surface area contributed by atoms with Crippen LogP contribution in [0.15, 0.2) is 4.42 Å². The van der Waals surface area contributed by atoms with E-state index in [9.17, 15) is 4.79 Å². The maximum absolute atomic E-state index is 12.1. The van der Waals surface area contributed by atoms with Crippen molar-refractivity contribution in [1.29, 1.82) is 0 Å². The fraction of sp³-hybridized carbons (Fsp3) is 0.824. The molecule has 0 bridgehead atoms. The Morgan fingerprint density at radius 2 is 1.77 bits per heavy atom. The topological polar surface area (TPSA) is 59.2 Å². The summed E-state index contributed by atoms with van der Waals surface area (Å²) in [5.41, 5.74) is 0. The number of piperidine rings is 1. The van der Waals surface area contributed by atoms with Crippen LogP contribution < -0.4 is 0 Å². The van der Waals surface area contributed by atoms with E-state index in [1.165, 1.54) is 32.1 Å². The standard InChI is InChI=1S/C17H27N3O2/c1-2-7-15(21)20-11-6-10-14(12-20)17-19-18-16(22-17)13-8-4-3-5-9-13/h13-14H,2-12H2,1H3. The molecule has 5 heteroatoms. The van der Waals surface area contributed by atoms with E-state index in [0.717, 1.165) is 44.1 Å². The molecule has 22 heavy (non-hydrogen) atoms. The van der Waals surface area contributed by atoms with Gasteiger partial charge in [-0.1, -0.05) is 26.2 Å². The summed E-state index contributed by atoms with van der Waals surface area (Å²) in [7, 11) is 0. The maximum atomic E-state index is 12.1. The highest BCUT2D eigenvalue weighted by Crippen LogP contribution is 2.34. The number of carbonyl (C=O) groups is 1. The van der Waals surface area contributed by atoms with Crippen LogP contribution >= 0.6 is 0 Å². The highest BCUT2D eigenvalue weighted by molar-refractivity contribution is 5.76. The van der Waals surface area contributed by atoms with Gasteiger partial charge in [-0.15, -0.1) is 10.2 Å². The average molecular weight is 305 g/mol. The molecule has 1 aromatic heterocycles. The third kappa shape index (κ3) is 3.50. The van der Waals surface area contributed by atoms with E-state index in [1.807, 2.05) is 11.8 Å². The number of nitrogens with zero attached hydrogens (tertiary/aromatic N) is 3. The molecule has 1 aromatic rings. The molecule has 1 aliphatic carbocycles. The molecule has 1 aliphatic heterocycles. The summed E-state index contributed by atoms with van der Waals surface area (Å²) in [5.74, 6) is 2.51. The molecular formula is C17H27N3O2. The fourth-order valence-corrected chi connectivity index (χ4v) is 3.70. The van der Waals surface area contributed by atoms with Gasteiger partial charge in [0.1, 0.15) is 0 Å². The molecule has 0 N–H and O–H groups in total. The largest absolute Gasteiger partial charge is 0.425 e. The van der Waals surface area contributed by atoms with Crippen molar-refractivity contribution in [1.82, 2.24) is 15.1 Å². The van der Waals surface area contributed by atoms with Crippen LogP contribution in [0.1, 0.15) is 88.3 Å². The maximum Gasteiger partial charge on any atom is 0.222 e. The monoisotopic (exact) mass is 305 g/mol. The number of rotatable bonds is 4. The van der Waals surface area contributed by atoms with E-state index >= 15 is 0 Å². The lowest BCUT2D eigenvalue weighted by molar-refractivity contribution is -0.132. The molecule has 3 rings (SSSR count). The molecule has 1 amide bonds. The molecule has 1 unspecified atom stereocenters. The van der Waals surface area contributed by atoms with Gasteiger partial charge in [-0.25, -0.2) is 0 Å². The summed E-state index contributed by atoms with van der Waals surface area (Å²) < 4.78 is 5.99. The Hall–Kier alpha value is -1.39. The highest BCUT2D eigenvalue weighted by Gasteiger charge is 2.29. The second kappa shape index (κ2) is 7.25. The van der Waals surface area contributed by atoms with Gasteiger partial charge < -0.3 is 9.32 Å². The highest BCUT2D eigenvalue weighted by atomic mass is 16.4. The first kappa shape index (κ1) is 15.5. The third-order valence-electron chi connectivity index (χ3n) is 5.00. The van der Waals surface area contributed by atoms with Crippen molar-refractivity contribution >= 4 is 5.91 Å². The lowest BCUT2D eigenvalue weighted by Crippen LogP contribution is -2.39. The van der Waals surface area contributed by atoms with Crippen LogP contribution in [0.25, 0.3) is 0 Å². The number of hydrogen-bond acceptors (Lipinski definition) is 4. The average Bonchev–Trinajstić information content (AvgIpc) is 3.06. The first-order chi connectivity index (χ1) is 10.8. The minimum absolute atomic E-state index is 0.222. The first-order valence-corrected chi connectivity index (χ1v) is 8.89. The van der Waals surface area contributed by atoms with E-state index in [0.29, 0.717) is 12.3 Å².